The summed E-state index contributed by atoms with van der Waals surface area (Å²) in [6.07, 6.45) is 3.42. The first-order chi connectivity index (χ1) is 11.3. The number of hydrogen-bond acceptors (Lipinski definition) is 5. The molecule has 1 aliphatic rings. The Morgan fingerprint density at radius 1 is 1.35 bits per heavy atom. The van der Waals surface area contributed by atoms with Gasteiger partial charge < -0.3 is 4.74 Å². The molecule has 0 radical (unpaired) electrons. The van der Waals surface area contributed by atoms with Gasteiger partial charge in [0.25, 0.3) is 0 Å². The number of fused-ring (bicyclic) bond motifs is 1. The molecule has 23 heavy (non-hydrogen) atoms. The first-order valence-corrected chi connectivity index (χ1v) is 8.81. The molecule has 5 nitrogen and oxygen atoms in total. The van der Waals surface area contributed by atoms with E-state index >= 15 is 0 Å². The zero-order valence-corrected chi connectivity index (χ0v) is 14.1. The number of benzene rings is 1. The van der Waals surface area contributed by atoms with Crippen LogP contribution in [0.25, 0.3) is 10.1 Å². The molecule has 3 aromatic rings. The molecule has 1 fully saturated rings. The lowest BCUT2D eigenvalue weighted by molar-refractivity contribution is -0.0399. The van der Waals surface area contributed by atoms with Crippen molar-refractivity contribution in [3.63, 3.8) is 0 Å². The highest BCUT2D eigenvalue weighted by Gasteiger charge is 2.23. The van der Waals surface area contributed by atoms with Crippen LogP contribution in [0.1, 0.15) is 4.88 Å². The molecule has 0 spiro atoms. The van der Waals surface area contributed by atoms with Crippen molar-refractivity contribution in [2.24, 2.45) is 0 Å². The van der Waals surface area contributed by atoms with Crippen LogP contribution >= 0.6 is 22.9 Å². The van der Waals surface area contributed by atoms with Crippen molar-refractivity contribution in [1.29, 1.82) is 0 Å². The largest absolute Gasteiger partial charge is 0.374 e. The fourth-order valence-electron chi connectivity index (χ4n) is 2.94. The van der Waals surface area contributed by atoms with Gasteiger partial charge in [0, 0.05) is 34.6 Å². The molecule has 2 aromatic heterocycles. The van der Waals surface area contributed by atoms with Crippen LogP contribution in [0.2, 0.25) is 5.02 Å². The molecular weight excluding hydrogens is 332 g/mol. The van der Waals surface area contributed by atoms with E-state index in [1.807, 2.05) is 10.7 Å². The van der Waals surface area contributed by atoms with Gasteiger partial charge in [0.2, 0.25) is 0 Å². The van der Waals surface area contributed by atoms with Gasteiger partial charge in [-0.3, -0.25) is 9.58 Å². The van der Waals surface area contributed by atoms with Crippen molar-refractivity contribution < 1.29 is 4.74 Å². The molecule has 120 valence electrons. The Kier molecular flexibility index (Phi) is 4.31. The number of hydrogen-bond donors (Lipinski definition) is 0. The van der Waals surface area contributed by atoms with E-state index in [0.717, 1.165) is 43.2 Å². The molecule has 1 saturated heterocycles. The van der Waals surface area contributed by atoms with E-state index in [2.05, 4.69) is 33.2 Å². The van der Waals surface area contributed by atoms with Crippen LogP contribution in [-0.2, 0) is 17.8 Å². The summed E-state index contributed by atoms with van der Waals surface area (Å²) in [5.74, 6) is 0. The van der Waals surface area contributed by atoms with Gasteiger partial charge in [0.15, 0.2) is 0 Å². The molecular formula is C16H17ClN4OS. The van der Waals surface area contributed by atoms with E-state index in [0.29, 0.717) is 0 Å². The van der Waals surface area contributed by atoms with Crippen LogP contribution in [0.3, 0.4) is 0 Å². The lowest BCUT2D eigenvalue weighted by Gasteiger charge is -2.32. The topological polar surface area (TPSA) is 43.2 Å². The van der Waals surface area contributed by atoms with Gasteiger partial charge >= 0.3 is 0 Å². The highest BCUT2D eigenvalue weighted by atomic mass is 35.5. The predicted octanol–water partition coefficient (Wildman–Crippen LogP) is 3.05. The second-order valence-corrected chi connectivity index (χ2v) is 7.20. The first-order valence-electron chi connectivity index (χ1n) is 7.62. The average molecular weight is 349 g/mol. The minimum absolute atomic E-state index is 0.138. The molecule has 3 heterocycles. The summed E-state index contributed by atoms with van der Waals surface area (Å²) in [7, 11) is 0. The molecule has 0 N–H and O–H groups in total. The molecule has 1 atom stereocenters. The molecule has 1 aliphatic heterocycles. The number of nitrogens with zero attached hydrogens (tertiary/aromatic N) is 4. The number of rotatable bonds is 4. The van der Waals surface area contributed by atoms with E-state index in [1.54, 1.807) is 24.0 Å². The van der Waals surface area contributed by atoms with Gasteiger partial charge in [-0.15, -0.1) is 11.3 Å². The van der Waals surface area contributed by atoms with Crippen LogP contribution in [-0.4, -0.2) is 45.5 Å². The van der Waals surface area contributed by atoms with Gasteiger partial charge in [-0.1, -0.05) is 29.8 Å². The molecule has 7 heteroatoms. The Labute approximate surface area is 143 Å². The van der Waals surface area contributed by atoms with E-state index in [-0.39, 0.29) is 6.10 Å². The Balaban J connectivity index is 1.46. The van der Waals surface area contributed by atoms with E-state index < -0.39 is 0 Å². The second-order valence-electron chi connectivity index (χ2n) is 5.68. The van der Waals surface area contributed by atoms with Gasteiger partial charge in [-0.25, -0.2) is 4.98 Å². The van der Waals surface area contributed by atoms with Crippen LogP contribution < -0.4 is 0 Å². The Morgan fingerprint density at radius 2 is 2.26 bits per heavy atom. The summed E-state index contributed by atoms with van der Waals surface area (Å²) in [5, 5.41) is 6.20. The molecule has 0 aliphatic carbocycles. The maximum atomic E-state index is 6.56. The summed E-state index contributed by atoms with van der Waals surface area (Å²) in [6.45, 7) is 4.15. The normalized spacial score (nSPS) is 19.4. The highest BCUT2D eigenvalue weighted by molar-refractivity contribution is 7.19. The lowest BCUT2D eigenvalue weighted by Crippen LogP contribution is -2.43. The molecule has 4 rings (SSSR count). The predicted molar refractivity (Wildman–Crippen MR) is 91.9 cm³/mol. The lowest BCUT2D eigenvalue weighted by atomic mass is 10.2. The van der Waals surface area contributed by atoms with E-state index in [9.17, 15) is 0 Å². The van der Waals surface area contributed by atoms with Crippen molar-refractivity contribution in [2.45, 2.75) is 19.2 Å². The minimum Gasteiger partial charge on any atom is -0.374 e. The molecule has 0 saturated carbocycles. The van der Waals surface area contributed by atoms with Crippen molar-refractivity contribution >= 4 is 33.0 Å². The molecule has 1 aromatic carbocycles. The first kappa shape index (κ1) is 15.1. The standard InChI is InChI=1S/C16H17ClN4OS/c17-16-13-3-1-2-4-14(13)23-15(16)9-20-5-6-22-12(7-20)8-21-11-18-10-19-21/h1-4,10-12H,5-9H2/t12-/m1/s1. The third-order valence-electron chi connectivity index (χ3n) is 4.05. The van der Waals surface area contributed by atoms with Gasteiger partial charge in [-0.2, -0.15) is 5.10 Å². The Hall–Kier alpha value is -1.47. The molecule has 0 bridgehead atoms. The van der Waals surface area contributed by atoms with Crippen molar-refractivity contribution in [3.8, 4) is 0 Å². The fraction of sp³-hybridized carbons (Fsp3) is 0.375. The summed E-state index contributed by atoms with van der Waals surface area (Å²) >= 11 is 8.34. The maximum Gasteiger partial charge on any atom is 0.137 e. The van der Waals surface area contributed by atoms with Crippen LogP contribution in [0, 0.1) is 0 Å². The van der Waals surface area contributed by atoms with Gasteiger partial charge in [0.1, 0.15) is 12.7 Å². The second kappa shape index (κ2) is 6.57. The number of aromatic nitrogens is 3. The third kappa shape index (κ3) is 3.26. The molecule has 0 amide bonds. The Bertz CT molecular complexity index is 789. The summed E-state index contributed by atoms with van der Waals surface area (Å²) in [4.78, 5) is 7.61. The quantitative estimate of drug-likeness (QED) is 0.727. The van der Waals surface area contributed by atoms with E-state index in [4.69, 9.17) is 16.3 Å². The van der Waals surface area contributed by atoms with Crippen LogP contribution in [0.5, 0.6) is 0 Å². The van der Waals surface area contributed by atoms with Crippen LogP contribution in [0.4, 0.5) is 0 Å². The van der Waals surface area contributed by atoms with Gasteiger partial charge in [0.05, 0.1) is 24.3 Å². The number of ether oxygens (including phenoxy) is 1. The van der Waals surface area contributed by atoms with Crippen LogP contribution in [0.15, 0.2) is 36.9 Å². The van der Waals surface area contributed by atoms with Crippen molar-refractivity contribution in [2.75, 3.05) is 19.7 Å². The zero-order valence-electron chi connectivity index (χ0n) is 12.6. The highest BCUT2D eigenvalue weighted by Crippen LogP contribution is 2.36. The molecule has 0 unspecified atom stereocenters. The summed E-state index contributed by atoms with van der Waals surface area (Å²) < 4.78 is 8.92. The van der Waals surface area contributed by atoms with Crippen molar-refractivity contribution in [3.05, 3.63) is 46.8 Å². The number of thiophene rings is 1. The van der Waals surface area contributed by atoms with Crippen molar-refractivity contribution in [1.82, 2.24) is 19.7 Å². The SMILES string of the molecule is Clc1c(CN2CCO[C@@H](Cn3cncn3)C2)sc2ccccc12. The van der Waals surface area contributed by atoms with Gasteiger partial charge in [-0.05, 0) is 6.07 Å². The average Bonchev–Trinajstić information content (AvgIpc) is 3.17. The monoisotopic (exact) mass is 348 g/mol. The fourth-order valence-corrected chi connectivity index (χ4v) is 4.47. The number of halogens is 1. The Morgan fingerprint density at radius 3 is 3.09 bits per heavy atom. The number of morpholine rings is 1. The minimum atomic E-state index is 0.138. The van der Waals surface area contributed by atoms with E-state index in [1.165, 1.54) is 9.58 Å². The third-order valence-corrected chi connectivity index (χ3v) is 5.75. The zero-order chi connectivity index (χ0) is 15.6. The summed E-state index contributed by atoms with van der Waals surface area (Å²) in [5.41, 5.74) is 0. The smallest absolute Gasteiger partial charge is 0.137 e. The maximum absolute atomic E-state index is 6.56. The summed E-state index contributed by atoms with van der Waals surface area (Å²) in [6, 6.07) is 8.31.